The molecular formula is C19H24N2O5. The van der Waals surface area contributed by atoms with Gasteiger partial charge in [0.2, 0.25) is 0 Å². The van der Waals surface area contributed by atoms with Gasteiger partial charge in [-0.05, 0) is 24.8 Å². The van der Waals surface area contributed by atoms with Crippen molar-refractivity contribution in [1.82, 2.24) is 10.2 Å². The summed E-state index contributed by atoms with van der Waals surface area (Å²) in [4.78, 5) is 38.3. The molecule has 1 aromatic rings. The zero-order chi connectivity index (χ0) is 18.7. The molecule has 1 aliphatic carbocycles. The molecule has 1 heterocycles. The predicted octanol–water partition coefficient (Wildman–Crippen LogP) is 2.24. The molecule has 2 aliphatic rings. The third-order valence-electron chi connectivity index (χ3n) is 5.37. The van der Waals surface area contributed by atoms with Crippen LogP contribution in [0.15, 0.2) is 24.3 Å². The van der Waals surface area contributed by atoms with Crippen molar-refractivity contribution < 1.29 is 23.9 Å². The SMILES string of the molecule is COc1ccccc1COC(=O)CN1C(=O)N[C@@]2(CCCC[C@H]2C)C1=O. The van der Waals surface area contributed by atoms with Crippen LogP contribution in [0.4, 0.5) is 4.79 Å². The number of benzene rings is 1. The number of amides is 3. The fraction of sp³-hybridized carbons (Fsp3) is 0.526. The maximum absolute atomic E-state index is 12.8. The maximum atomic E-state index is 12.8. The lowest BCUT2D eigenvalue weighted by Crippen LogP contribution is -2.54. The van der Waals surface area contributed by atoms with E-state index in [1.165, 1.54) is 0 Å². The third-order valence-corrected chi connectivity index (χ3v) is 5.37. The van der Waals surface area contributed by atoms with Gasteiger partial charge in [0.15, 0.2) is 0 Å². The zero-order valence-electron chi connectivity index (χ0n) is 15.1. The van der Waals surface area contributed by atoms with Crippen molar-refractivity contribution in [3.05, 3.63) is 29.8 Å². The molecule has 1 aliphatic heterocycles. The highest BCUT2D eigenvalue weighted by molar-refractivity contribution is 6.08. The van der Waals surface area contributed by atoms with Gasteiger partial charge in [-0.1, -0.05) is 38.0 Å². The Morgan fingerprint density at radius 3 is 2.81 bits per heavy atom. The van der Waals surface area contributed by atoms with E-state index in [0.29, 0.717) is 12.2 Å². The fourth-order valence-electron chi connectivity index (χ4n) is 3.79. The Morgan fingerprint density at radius 2 is 2.08 bits per heavy atom. The number of esters is 1. The highest BCUT2D eigenvalue weighted by atomic mass is 16.5. The number of para-hydroxylation sites is 1. The molecule has 26 heavy (non-hydrogen) atoms. The van der Waals surface area contributed by atoms with Crippen LogP contribution in [0.25, 0.3) is 0 Å². The number of methoxy groups -OCH3 is 1. The van der Waals surface area contributed by atoms with Crippen molar-refractivity contribution in [2.24, 2.45) is 5.92 Å². The minimum Gasteiger partial charge on any atom is -0.496 e. The van der Waals surface area contributed by atoms with Crippen LogP contribution in [0.2, 0.25) is 0 Å². The first-order valence-corrected chi connectivity index (χ1v) is 8.89. The molecule has 1 saturated carbocycles. The molecular weight excluding hydrogens is 336 g/mol. The summed E-state index contributed by atoms with van der Waals surface area (Å²) < 4.78 is 10.5. The second-order valence-corrected chi connectivity index (χ2v) is 6.91. The van der Waals surface area contributed by atoms with Crippen molar-refractivity contribution >= 4 is 17.9 Å². The minimum absolute atomic E-state index is 0.0219. The van der Waals surface area contributed by atoms with Gasteiger partial charge in [-0.15, -0.1) is 0 Å². The second kappa shape index (κ2) is 7.35. The van der Waals surface area contributed by atoms with Gasteiger partial charge < -0.3 is 14.8 Å². The highest BCUT2D eigenvalue weighted by Crippen LogP contribution is 2.38. The van der Waals surface area contributed by atoms with E-state index in [-0.39, 0.29) is 25.0 Å². The largest absolute Gasteiger partial charge is 0.496 e. The topological polar surface area (TPSA) is 84.9 Å². The average molecular weight is 360 g/mol. The van der Waals surface area contributed by atoms with Crippen molar-refractivity contribution in [3.63, 3.8) is 0 Å². The molecule has 0 bridgehead atoms. The smallest absolute Gasteiger partial charge is 0.326 e. The van der Waals surface area contributed by atoms with Crippen LogP contribution in [-0.4, -0.2) is 42.0 Å². The van der Waals surface area contributed by atoms with E-state index in [0.717, 1.165) is 29.7 Å². The summed E-state index contributed by atoms with van der Waals surface area (Å²) in [6, 6.07) is 6.69. The van der Waals surface area contributed by atoms with E-state index in [4.69, 9.17) is 9.47 Å². The van der Waals surface area contributed by atoms with Gasteiger partial charge >= 0.3 is 12.0 Å². The van der Waals surface area contributed by atoms with Crippen LogP contribution >= 0.6 is 0 Å². The number of nitrogens with zero attached hydrogens (tertiary/aromatic N) is 1. The summed E-state index contributed by atoms with van der Waals surface area (Å²) in [6.07, 6.45) is 3.44. The monoisotopic (exact) mass is 360 g/mol. The van der Waals surface area contributed by atoms with Crippen molar-refractivity contribution in [2.75, 3.05) is 13.7 Å². The molecule has 1 spiro atoms. The molecule has 0 aromatic heterocycles. The lowest BCUT2D eigenvalue weighted by atomic mass is 9.73. The zero-order valence-corrected chi connectivity index (χ0v) is 15.1. The van der Waals surface area contributed by atoms with Crippen LogP contribution < -0.4 is 10.1 Å². The first-order valence-electron chi connectivity index (χ1n) is 8.89. The number of urea groups is 1. The Bertz CT molecular complexity index is 720. The number of carbonyl (C=O) groups excluding carboxylic acids is 3. The Hall–Kier alpha value is -2.57. The highest BCUT2D eigenvalue weighted by Gasteiger charge is 2.55. The number of ether oxygens (including phenoxy) is 2. The van der Waals surface area contributed by atoms with Gasteiger partial charge in [0, 0.05) is 5.56 Å². The van der Waals surface area contributed by atoms with E-state index in [1.807, 2.05) is 19.1 Å². The molecule has 7 nitrogen and oxygen atoms in total. The molecule has 1 N–H and O–H groups in total. The third kappa shape index (κ3) is 3.25. The molecule has 2 fully saturated rings. The molecule has 7 heteroatoms. The average Bonchev–Trinajstić information content (AvgIpc) is 2.87. The van der Waals surface area contributed by atoms with E-state index in [2.05, 4.69) is 5.32 Å². The molecule has 140 valence electrons. The lowest BCUT2D eigenvalue weighted by Gasteiger charge is -2.36. The van der Waals surface area contributed by atoms with Gasteiger partial charge in [-0.3, -0.25) is 14.5 Å². The van der Waals surface area contributed by atoms with Crippen molar-refractivity contribution in [1.29, 1.82) is 0 Å². The van der Waals surface area contributed by atoms with Gasteiger partial charge in [-0.2, -0.15) is 0 Å². The summed E-state index contributed by atoms with van der Waals surface area (Å²) in [5, 5.41) is 2.83. The number of hydrogen-bond acceptors (Lipinski definition) is 5. The predicted molar refractivity (Wildman–Crippen MR) is 93.4 cm³/mol. The van der Waals surface area contributed by atoms with Crippen LogP contribution in [0.5, 0.6) is 5.75 Å². The van der Waals surface area contributed by atoms with Crippen molar-refractivity contribution in [3.8, 4) is 5.75 Å². The van der Waals surface area contributed by atoms with Gasteiger partial charge in [0.05, 0.1) is 7.11 Å². The van der Waals surface area contributed by atoms with E-state index >= 15 is 0 Å². The number of hydrogen-bond donors (Lipinski definition) is 1. The number of nitrogens with one attached hydrogen (secondary N) is 1. The van der Waals surface area contributed by atoms with E-state index in [9.17, 15) is 14.4 Å². The molecule has 1 aromatic carbocycles. The number of imide groups is 1. The molecule has 3 rings (SSSR count). The Kier molecular flexibility index (Phi) is 5.15. The molecule has 1 saturated heterocycles. The van der Waals surface area contributed by atoms with Crippen LogP contribution in [0, 0.1) is 5.92 Å². The number of carbonyl (C=O) groups is 3. The summed E-state index contributed by atoms with van der Waals surface area (Å²) in [5.74, 6) is -0.267. The van der Waals surface area contributed by atoms with Crippen LogP contribution in [0.3, 0.4) is 0 Å². The Balaban J connectivity index is 1.62. The molecule has 0 radical (unpaired) electrons. The quantitative estimate of drug-likeness (QED) is 0.643. The first-order chi connectivity index (χ1) is 12.5. The summed E-state index contributed by atoms with van der Waals surface area (Å²) in [5.41, 5.74) is -0.143. The van der Waals surface area contributed by atoms with Gasteiger partial charge in [0.1, 0.15) is 24.4 Å². The van der Waals surface area contributed by atoms with E-state index < -0.39 is 17.5 Å². The molecule has 2 atom stereocenters. The maximum Gasteiger partial charge on any atom is 0.326 e. The lowest BCUT2D eigenvalue weighted by molar-refractivity contribution is -0.149. The fourth-order valence-corrected chi connectivity index (χ4v) is 3.79. The van der Waals surface area contributed by atoms with Gasteiger partial charge in [-0.25, -0.2) is 4.79 Å². The summed E-state index contributed by atoms with van der Waals surface area (Å²) >= 11 is 0. The molecule has 0 unspecified atom stereocenters. The Labute approximate surface area is 152 Å². The Morgan fingerprint density at radius 1 is 1.31 bits per heavy atom. The molecule has 3 amide bonds. The first kappa shape index (κ1) is 18.2. The van der Waals surface area contributed by atoms with E-state index in [1.54, 1.807) is 19.2 Å². The summed E-state index contributed by atoms with van der Waals surface area (Å²) in [6.45, 7) is 1.61. The van der Waals surface area contributed by atoms with Crippen molar-refractivity contribution in [2.45, 2.75) is 44.8 Å². The number of rotatable bonds is 5. The van der Waals surface area contributed by atoms with Crippen LogP contribution in [0.1, 0.15) is 38.2 Å². The second-order valence-electron chi connectivity index (χ2n) is 6.91. The van der Waals surface area contributed by atoms with Gasteiger partial charge in [0.25, 0.3) is 5.91 Å². The summed E-state index contributed by atoms with van der Waals surface area (Å²) in [7, 11) is 1.54. The standard InChI is InChI=1S/C19H24N2O5/c1-13-7-5-6-10-19(13)17(23)21(18(24)20-19)11-16(22)26-12-14-8-3-4-9-15(14)25-2/h3-4,8-9,13H,5-7,10-12H2,1-2H3,(H,20,24)/t13-,19-/m1/s1. The minimum atomic E-state index is -0.863. The normalized spacial score (nSPS) is 25.3. The van der Waals surface area contributed by atoms with Crippen LogP contribution in [-0.2, 0) is 20.9 Å².